The van der Waals surface area contributed by atoms with Crippen LogP contribution in [-0.2, 0) is 6.54 Å². The molecule has 0 radical (unpaired) electrons. The molecule has 3 rings (SSSR count). The highest BCUT2D eigenvalue weighted by molar-refractivity contribution is 5.98. The molecule has 1 heterocycles. The molecule has 0 atom stereocenters. The lowest BCUT2D eigenvalue weighted by molar-refractivity contribution is 0.0949. The summed E-state index contributed by atoms with van der Waals surface area (Å²) in [7, 11) is 1.61. The zero-order valence-corrected chi connectivity index (χ0v) is 16.7. The first-order valence-electron chi connectivity index (χ1n) is 9.99. The number of methoxy groups -OCH3 is 1. The highest BCUT2D eigenvalue weighted by Crippen LogP contribution is 2.19. The van der Waals surface area contributed by atoms with E-state index in [-0.39, 0.29) is 17.5 Å². The number of allylic oxidation sites excluding steroid dienone is 1. The Morgan fingerprint density at radius 2 is 1.90 bits per heavy atom. The molecule has 1 aliphatic rings. The Balaban J connectivity index is 1.51. The molecule has 0 fully saturated rings. The van der Waals surface area contributed by atoms with Crippen molar-refractivity contribution >= 4 is 11.8 Å². The molecule has 1 aliphatic carbocycles. The molecule has 0 bridgehead atoms. The van der Waals surface area contributed by atoms with Crippen LogP contribution in [-0.4, -0.2) is 30.5 Å². The Kier molecular flexibility index (Phi) is 7.39. The first-order chi connectivity index (χ1) is 14.2. The van der Waals surface area contributed by atoms with Crippen molar-refractivity contribution in [2.75, 3.05) is 13.7 Å². The summed E-state index contributed by atoms with van der Waals surface area (Å²) in [6.45, 7) is 0.974. The summed E-state index contributed by atoms with van der Waals surface area (Å²) >= 11 is 0. The van der Waals surface area contributed by atoms with Gasteiger partial charge < -0.3 is 15.4 Å². The SMILES string of the molecule is COc1ccc(CNC(=O)c2ccnc(C(=O)NCCC3=CCCCC3)c2)cc1. The molecule has 2 aromatic rings. The Hall–Kier alpha value is -3.15. The molecule has 2 amide bonds. The fourth-order valence-corrected chi connectivity index (χ4v) is 3.28. The number of hydrogen-bond donors (Lipinski definition) is 2. The molecular formula is C23H27N3O3. The number of nitrogens with zero attached hydrogens (tertiary/aromatic N) is 1. The van der Waals surface area contributed by atoms with Crippen molar-refractivity contribution in [3.8, 4) is 5.75 Å². The third-order valence-corrected chi connectivity index (χ3v) is 4.98. The first kappa shape index (κ1) is 20.6. The Morgan fingerprint density at radius 3 is 2.62 bits per heavy atom. The van der Waals surface area contributed by atoms with Crippen LogP contribution in [0.4, 0.5) is 0 Å². The summed E-state index contributed by atoms with van der Waals surface area (Å²) in [5, 5.41) is 5.75. The predicted octanol–water partition coefficient (Wildman–Crippen LogP) is 3.64. The molecule has 0 spiro atoms. The van der Waals surface area contributed by atoms with Gasteiger partial charge in [-0.05, 0) is 61.9 Å². The van der Waals surface area contributed by atoms with Crippen LogP contribution in [0.5, 0.6) is 5.75 Å². The van der Waals surface area contributed by atoms with Gasteiger partial charge in [0.25, 0.3) is 11.8 Å². The monoisotopic (exact) mass is 393 g/mol. The minimum absolute atomic E-state index is 0.246. The summed E-state index contributed by atoms with van der Waals surface area (Å²) in [5.74, 6) is 0.264. The number of pyridine rings is 1. The molecular weight excluding hydrogens is 366 g/mol. The van der Waals surface area contributed by atoms with Gasteiger partial charge >= 0.3 is 0 Å². The maximum Gasteiger partial charge on any atom is 0.269 e. The maximum absolute atomic E-state index is 12.4. The number of carbonyl (C=O) groups is 2. The number of ether oxygens (including phenoxy) is 1. The standard InChI is InChI=1S/C23H27N3O3/c1-29-20-9-7-18(8-10-20)16-26-22(27)19-12-14-24-21(15-19)23(28)25-13-11-17-5-3-2-4-6-17/h5,7-10,12,14-15H,2-4,6,11,13,16H2,1H3,(H,25,28)(H,26,27). The number of nitrogens with one attached hydrogen (secondary N) is 2. The van der Waals surface area contributed by atoms with Gasteiger partial charge in [-0.25, -0.2) is 0 Å². The van der Waals surface area contributed by atoms with Crippen molar-refractivity contribution in [1.82, 2.24) is 15.6 Å². The Morgan fingerprint density at radius 1 is 1.07 bits per heavy atom. The average molecular weight is 393 g/mol. The van der Waals surface area contributed by atoms with E-state index in [1.807, 2.05) is 24.3 Å². The Labute approximate surface area is 171 Å². The van der Waals surface area contributed by atoms with Crippen LogP contribution in [0.15, 0.2) is 54.2 Å². The van der Waals surface area contributed by atoms with Gasteiger partial charge in [0.2, 0.25) is 0 Å². The van der Waals surface area contributed by atoms with Crippen LogP contribution in [0.1, 0.15) is 58.5 Å². The van der Waals surface area contributed by atoms with Gasteiger partial charge in [0.15, 0.2) is 0 Å². The van der Waals surface area contributed by atoms with E-state index in [0.29, 0.717) is 18.7 Å². The molecule has 152 valence electrons. The number of benzene rings is 1. The second-order valence-electron chi connectivity index (χ2n) is 7.07. The van der Waals surface area contributed by atoms with Crippen molar-refractivity contribution < 1.29 is 14.3 Å². The maximum atomic E-state index is 12.4. The number of carbonyl (C=O) groups excluding carboxylic acids is 2. The van der Waals surface area contributed by atoms with E-state index in [4.69, 9.17) is 4.74 Å². The molecule has 0 unspecified atom stereocenters. The van der Waals surface area contributed by atoms with Crippen LogP contribution < -0.4 is 15.4 Å². The molecule has 0 saturated heterocycles. The quantitative estimate of drug-likeness (QED) is 0.671. The van der Waals surface area contributed by atoms with Gasteiger partial charge in [-0.1, -0.05) is 23.8 Å². The number of rotatable bonds is 8. The molecule has 29 heavy (non-hydrogen) atoms. The van der Waals surface area contributed by atoms with E-state index in [1.165, 1.54) is 30.7 Å². The topological polar surface area (TPSA) is 80.3 Å². The van der Waals surface area contributed by atoms with Gasteiger partial charge in [-0.15, -0.1) is 0 Å². The van der Waals surface area contributed by atoms with Gasteiger partial charge in [-0.3, -0.25) is 14.6 Å². The number of aromatic nitrogens is 1. The number of amides is 2. The summed E-state index contributed by atoms with van der Waals surface area (Å²) < 4.78 is 5.13. The normalized spacial score (nSPS) is 13.3. The van der Waals surface area contributed by atoms with Crippen molar-refractivity contribution in [3.63, 3.8) is 0 Å². The van der Waals surface area contributed by atoms with E-state index in [2.05, 4.69) is 21.7 Å². The lowest BCUT2D eigenvalue weighted by Gasteiger charge is -2.13. The van der Waals surface area contributed by atoms with Crippen LogP contribution in [0.3, 0.4) is 0 Å². The number of hydrogen-bond acceptors (Lipinski definition) is 4. The van der Waals surface area contributed by atoms with Gasteiger partial charge in [-0.2, -0.15) is 0 Å². The molecule has 1 aromatic heterocycles. The van der Waals surface area contributed by atoms with Crippen LogP contribution in [0.25, 0.3) is 0 Å². The molecule has 0 saturated carbocycles. The molecule has 6 nitrogen and oxygen atoms in total. The van der Waals surface area contributed by atoms with Gasteiger partial charge in [0, 0.05) is 24.8 Å². The fourth-order valence-electron chi connectivity index (χ4n) is 3.28. The second-order valence-corrected chi connectivity index (χ2v) is 7.07. The van der Waals surface area contributed by atoms with Gasteiger partial charge in [0.1, 0.15) is 11.4 Å². The summed E-state index contributed by atoms with van der Waals surface area (Å²) in [6.07, 6.45) is 9.38. The van der Waals surface area contributed by atoms with Gasteiger partial charge in [0.05, 0.1) is 7.11 Å². The zero-order valence-electron chi connectivity index (χ0n) is 16.7. The van der Waals surface area contributed by atoms with Crippen LogP contribution in [0, 0.1) is 0 Å². The van der Waals surface area contributed by atoms with E-state index >= 15 is 0 Å². The molecule has 1 aromatic carbocycles. The van der Waals surface area contributed by atoms with E-state index < -0.39 is 0 Å². The van der Waals surface area contributed by atoms with Crippen molar-refractivity contribution in [2.24, 2.45) is 0 Å². The van der Waals surface area contributed by atoms with Crippen LogP contribution >= 0.6 is 0 Å². The lowest BCUT2D eigenvalue weighted by atomic mass is 9.97. The van der Waals surface area contributed by atoms with E-state index in [9.17, 15) is 9.59 Å². The molecule has 2 N–H and O–H groups in total. The largest absolute Gasteiger partial charge is 0.497 e. The van der Waals surface area contributed by atoms with E-state index in [0.717, 1.165) is 30.6 Å². The smallest absolute Gasteiger partial charge is 0.269 e. The zero-order chi connectivity index (χ0) is 20.5. The highest BCUT2D eigenvalue weighted by Gasteiger charge is 2.12. The summed E-state index contributed by atoms with van der Waals surface area (Å²) in [6, 6.07) is 10.6. The average Bonchev–Trinajstić information content (AvgIpc) is 2.78. The Bertz CT molecular complexity index is 875. The second kappa shape index (κ2) is 10.4. The summed E-state index contributed by atoms with van der Waals surface area (Å²) in [5.41, 5.74) is 3.03. The minimum Gasteiger partial charge on any atom is -0.497 e. The first-order valence-corrected chi connectivity index (χ1v) is 9.99. The molecule has 6 heteroatoms. The van der Waals surface area contributed by atoms with Crippen molar-refractivity contribution in [3.05, 3.63) is 71.1 Å². The minimum atomic E-state index is -0.258. The fraction of sp³-hybridized carbons (Fsp3) is 0.348. The van der Waals surface area contributed by atoms with Crippen molar-refractivity contribution in [1.29, 1.82) is 0 Å². The van der Waals surface area contributed by atoms with Crippen molar-refractivity contribution in [2.45, 2.75) is 38.6 Å². The lowest BCUT2D eigenvalue weighted by Crippen LogP contribution is -2.27. The molecule has 0 aliphatic heterocycles. The predicted molar refractivity (Wildman–Crippen MR) is 112 cm³/mol. The highest BCUT2D eigenvalue weighted by atomic mass is 16.5. The van der Waals surface area contributed by atoms with Crippen LogP contribution in [0.2, 0.25) is 0 Å². The van der Waals surface area contributed by atoms with E-state index in [1.54, 1.807) is 13.2 Å². The third-order valence-electron chi connectivity index (χ3n) is 4.98. The summed E-state index contributed by atoms with van der Waals surface area (Å²) in [4.78, 5) is 28.9. The third kappa shape index (κ3) is 6.17.